The zero-order valence-corrected chi connectivity index (χ0v) is 20.4. The highest BCUT2D eigenvalue weighted by Crippen LogP contribution is 2.28. The highest BCUT2D eigenvalue weighted by molar-refractivity contribution is 7.89. The second kappa shape index (κ2) is 10.7. The van der Waals surface area contributed by atoms with Crippen LogP contribution in [0.2, 0.25) is 0 Å². The number of nitrogens with zero attached hydrogens (tertiary/aromatic N) is 3. The summed E-state index contributed by atoms with van der Waals surface area (Å²) < 4.78 is 43.9. The molecule has 2 aliphatic rings. The van der Waals surface area contributed by atoms with Gasteiger partial charge in [0.15, 0.2) is 0 Å². The van der Waals surface area contributed by atoms with Crippen molar-refractivity contribution in [3.05, 3.63) is 53.6 Å². The van der Waals surface area contributed by atoms with E-state index in [2.05, 4.69) is 4.90 Å². The van der Waals surface area contributed by atoms with E-state index < -0.39 is 10.0 Å². The summed E-state index contributed by atoms with van der Waals surface area (Å²) in [6.45, 7) is 4.10. The highest BCUT2D eigenvalue weighted by Gasteiger charge is 2.29. The molecule has 0 aromatic heterocycles. The van der Waals surface area contributed by atoms with Crippen molar-refractivity contribution in [3.63, 3.8) is 0 Å². The van der Waals surface area contributed by atoms with E-state index in [0.29, 0.717) is 64.7 Å². The fraction of sp³-hybridized carbons (Fsp3) is 0.458. The summed E-state index contributed by atoms with van der Waals surface area (Å²) in [5, 5.41) is 0. The summed E-state index contributed by atoms with van der Waals surface area (Å²) in [6, 6.07) is 12.4. The average Bonchev–Trinajstić information content (AvgIpc) is 2.89. The molecule has 2 heterocycles. The molecule has 0 N–H and O–H groups in total. The smallest absolute Gasteiger partial charge is 0.256 e. The predicted octanol–water partition coefficient (Wildman–Crippen LogP) is 1.82. The van der Waals surface area contributed by atoms with E-state index in [-0.39, 0.29) is 10.8 Å². The standard InChI is InChI=1S/C24H31N3O6S/c1-25(18-19-3-5-20(31-2)6-4-19)24(28)22-17-21(34(29,30)27-11-15-33-16-12-27)7-8-23(22)26-9-13-32-14-10-26/h3-8,17H,9-16,18H2,1-2H3. The van der Waals surface area contributed by atoms with Crippen LogP contribution in [0.4, 0.5) is 5.69 Å². The molecule has 4 rings (SSSR count). The zero-order chi connectivity index (χ0) is 24.1. The number of carbonyl (C=O) groups excluding carboxylic acids is 1. The quantitative estimate of drug-likeness (QED) is 0.586. The molecule has 0 radical (unpaired) electrons. The number of carbonyl (C=O) groups is 1. The number of hydrogen-bond donors (Lipinski definition) is 0. The molecule has 0 saturated carbocycles. The number of anilines is 1. The van der Waals surface area contributed by atoms with Crippen LogP contribution in [0.25, 0.3) is 0 Å². The van der Waals surface area contributed by atoms with Gasteiger partial charge in [-0.15, -0.1) is 0 Å². The Morgan fingerprint density at radius 3 is 2.21 bits per heavy atom. The molecular formula is C24H31N3O6S. The Morgan fingerprint density at radius 1 is 0.971 bits per heavy atom. The van der Waals surface area contributed by atoms with Crippen molar-refractivity contribution in [2.24, 2.45) is 0 Å². The molecular weight excluding hydrogens is 458 g/mol. The van der Waals surface area contributed by atoms with Gasteiger partial charge in [-0.3, -0.25) is 4.79 Å². The number of ether oxygens (including phenoxy) is 3. The van der Waals surface area contributed by atoms with Gasteiger partial charge in [-0.05, 0) is 35.9 Å². The minimum absolute atomic E-state index is 0.118. The molecule has 0 spiro atoms. The van der Waals surface area contributed by atoms with E-state index in [9.17, 15) is 13.2 Å². The monoisotopic (exact) mass is 489 g/mol. The van der Waals surface area contributed by atoms with E-state index in [1.54, 1.807) is 31.2 Å². The maximum Gasteiger partial charge on any atom is 0.256 e. The Balaban J connectivity index is 1.65. The molecule has 0 unspecified atom stereocenters. The largest absolute Gasteiger partial charge is 0.497 e. The first-order valence-corrected chi connectivity index (χ1v) is 12.8. The normalized spacial score (nSPS) is 17.4. The van der Waals surface area contributed by atoms with Gasteiger partial charge in [-0.1, -0.05) is 12.1 Å². The van der Waals surface area contributed by atoms with Crippen LogP contribution in [0.3, 0.4) is 0 Å². The van der Waals surface area contributed by atoms with Crippen LogP contribution in [0.1, 0.15) is 15.9 Å². The molecule has 0 bridgehead atoms. The third-order valence-electron chi connectivity index (χ3n) is 6.08. The summed E-state index contributed by atoms with van der Waals surface area (Å²) in [6.07, 6.45) is 0. The predicted molar refractivity (Wildman–Crippen MR) is 128 cm³/mol. The van der Waals surface area contributed by atoms with Gasteiger partial charge in [0.25, 0.3) is 5.91 Å². The highest BCUT2D eigenvalue weighted by atomic mass is 32.2. The summed E-state index contributed by atoms with van der Waals surface area (Å²) in [5.74, 6) is 0.504. The maximum atomic E-state index is 13.6. The van der Waals surface area contributed by atoms with Crippen molar-refractivity contribution in [2.45, 2.75) is 11.4 Å². The number of amides is 1. The van der Waals surface area contributed by atoms with Crippen molar-refractivity contribution in [1.82, 2.24) is 9.21 Å². The number of methoxy groups -OCH3 is 1. The van der Waals surface area contributed by atoms with Gasteiger partial charge in [0.2, 0.25) is 10.0 Å². The Hall–Kier alpha value is -2.66. The van der Waals surface area contributed by atoms with E-state index in [1.165, 1.54) is 10.4 Å². The van der Waals surface area contributed by atoms with Gasteiger partial charge in [-0.2, -0.15) is 4.31 Å². The number of hydrogen-bond acceptors (Lipinski definition) is 7. The summed E-state index contributed by atoms with van der Waals surface area (Å²) in [5.41, 5.74) is 2.03. The lowest BCUT2D eigenvalue weighted by Crippen LogP contribution is -2.41. The molecule has 2 fully saturated rings. The van der Waals surface area contributed by atoms with Crippen LogP contribution in [0.15, 0.2) is 47.4 Å². The Kier molecular flexibility index (Phi) is 7.72. The van der Waals surface area contributed by atoms with Gasteiger partial charge in [0.1, 0.15) is 5.75 Å². The first-order valence-electron chi connectivity index (χ1n) is 11.3. The first-order chi connectivity index (χ1) is 16.4. The summed E-state index contributed by atoms with van der Waals surface area (Å²) in [7, 11) is -0.404. The molecule has 0 aliphatic carbocycles. The minimum atomic E-state index is -3.73. The van der Waals surface area contributed by atoms with Gasteiger partial charge in [-0.25, -0.2) is 8.42 Å². The fourth-order valence-corrected chi connectivity index (χ4v) is 5.58. The third kappa shape index (κ3) is 5.35. The topological polar surface area (TPSA) is 88.6 Å². The zero-order valence-electron chi connectivity index (χ0n) is 19.6. The van der Waals surface area contributed by atoms with Crippen LogP contribution in [-0.4, -0.2) is 90.3 Å². The lowest BCUT2D eigenvalue weighted by Gasteiger charge is -2.32. The second-order valence-electron chi connectivity index (χ2n) is 8.30. The van der Waals surface area contributed by atoms with Crippen LogP contribution in [-0.2, 0) is 26.0 Å². The Labute approximate surface area is 200 Å². The average molecular weight is 490 g/mol. The van der Waals surface area contributed by atoms with Gasteiger partial charge in [0, 0.05) is 45.5 Å². The fourth-order valence-electron chi connectivity index (χ4n) is 4.15. The van der Waals surface area contributed by atoms with E-state index >= 15 is 0 Å². The molecule has 2 saturated heterocycles. The SMILES string of the molecule is COc1ccc(CN(C)C(=O)c2cc(S(=O)(=O)N3CCOCC3)ccc2N2CCOCC2)cc1. The van der Waals surface area contributed by atoms with Crippen molar-refractivity contribution in [3.8, 4) is 5.75 Å². The lowest BCUT2D eigenvalue weighted by molar-refractivity contribution is 0.0730. The van der Waals surface area contributed by atoms with Crippen LogP contribution in [0.5, 0.6) is 5.75 Å². The van der Waals surface area contributed by atoms with E-state index in [4.69, 9.17) is 14.2 Å². The van der Waals surface area contributed by atoms with Crippen LogP contribution in [0, 0.1) is 0 Å². The van der Waals surface area contributed by atoms with Crippen molar-refractivity contribution < 1.29 is 27.4 Å². The Morgan fingerprint density at radius 2 is 1.59 bits per heavy atom. The molecule has 34 heavy (non-hydrogen) atoms. The summed E-state index contributed by atoms with van der Waals surface area (Å²) >= 11 is 0. The number of benzene rings is 2. The Bertz CT molecular complexity index is 1090. The lowest BCUT2D eigenvalue weighted by atomic mass is 10.1. The van der Waals surface area contributed by atoms with Crippen LogP contribution >= 0.6 is 0 Å². The molecule has 10 heteroatoms. The van der Waals surface area contributed by atoms with Crippen molar-refractivity contribution in [1.29, 1.82) is 0 Å². The van der Waals surface area contributed by atoms with Gasteiger partial charge < -0.3 is 24.0 Å². The maximum absolute atomic E-state index is 13.6. The van der Waals surface area contributed by atoms with E-state index in [1.807, 2.05) is 24.3 Å². The van der Waals surface area contributed by atoms with Crippen molar-refractivity contribution in [2.75, 3.05) is 71.7 Å². The van der Waals surface area contributed by atoms with Gasteiger partial charge >= 0.3 is 0 Å². The van der Waals surface area contributed by atoms with E-state index in [0.717, 1.165) is 17.0 Å². The number of sulfonamides is 1. The second-order valence-corrected chi connectivity index (χ2v) is 10.2. The molecule has 9 nitrogen and oxygen atoms in total. The van der Waals surface area contributed by atoms with Crippen LogP contribution < -0.4 is 9.64 Å². The molecule has 184 valence electrons. The molecule has 1 amide bonds. The summed E-state index contributed by atoms with van der Waals surface area (Å²) in [4.78, 5) is 17.4. The van der Waals surface area contributed by atoms with Gasteiger partial charge in [0.05, 0.1) is 44.0 Å². The van der Waals surface area contributed by atoms with Crippen molar-refractivity contribution >= 4 is 21.6 Å². The molecule has 0 atom stereocenters. The molecule has 2 aromatic rings. The third-order valence-corrected chi connectivity index (χ3v) is 7.98. The number of rotatable bonds is 7. The molecule has 2 aromatic carbocycles. The first kappa shape index (κ1) is 24.5. The number of morpholine rings is 2. The molecule has 2 aliphatic heterocycles. The minimum Gasteiger partial charge on any atom is -0.497 e.